The third-order valence-corrected chi connectivity index (χ3v) is 6.10. The lowest BCUT2D eigenvalue weighted by molar-refractivity contribution is 0.126. The van der Waals surface area contributed by atoms with Gasteiger partial charge in [-0.3, -0.25) is 0 Å². The molecule has 3 unspecified atom stereocenters. The second-order valence-electron chi connectivity index (χ2n) is 9.06. The van der Waals surface area contributed by atoms with E-state index in [1.54, 1.807) is 6.42 Å². The molecule has 2 saturated carbocycles. The van der Waals surface area contributed by atoms with Crippen LogP contribution in [0, 0.1) is 17.3 Å². The molecule has 0 amide bonds. The molecule has 3 atom stereocenters. The Labute approximate surface area is 133 Å². The topological polar surface area (TPSA) is 12.0 Å². The molecule has 2 fully saturated rings. The van der Waals surface area contributed by atoms with Crippen LogP contribution >= 0.6 is 0 Å². The molecule has 0 aromatic carbocycles. The van der Waals surface area contributed by atoms with Crippen LogP contribution in [-0.4, -0.2) is 12.1 Å². The molecule has 0 aliphatic heterocycles. The average molecular weight is 294 g/mol. The Kier molecular flexibility index (Phi) is 6.17. The van der Waals surface area contributed by atoms with Crippen molar-refractivity contribution < 1.29 is 0 Å². The lowest BCUT2D eigenvalue weighted by atomic mass is 9.69. The van der Waals surface area contributed by atoms with E-state index in [1.807, 2.05) is 0 Å². The lowest BCUT2D eigenvalue weighted by Gasteiger charge is -2.40. The van der Waals surface area contributed by atoms with Crippen LogP contribution in [0.2, 0.25) is 0 Å². The molecule has 0 radical (unpaired) electrons. The molecule has 2 aliphatic carbocycles. The molecule has 2 bridgehead atoms. The summed E-state index contributed by atoms with van der Waals surface area (Å²) in [7, 11) is 0. The number of hydrogen-bond acceptors (Lipinski definition) is 1. The first-order chi connectivity index (χ1) is 9.95. The molecule has 0 aromatic rings. The highest BCUT2D eigenvalue weighted by atomic mass is 15.0. The van der Waals surface area contributed by atoms with E-state index in [2.05, 4.69) is 33.0 Å². The van der Waals surface area contributed by atoms with E-state index < -0.39 is 0 Å². The highest BCUT2D eigenvalue weighted by molar-refractivity contribution is 5.02. The summed E-state index contributed by atoms with van der Waals surface area (Å²) < 4.78 is 0. The number of unbranched alkanes of at least 4 members (excludes halogenated alkanes) is 5. The van der Waals surface area contributed by atoms with Crippen molar-refractivity contribution in [3.63, 3.8) is 0 Å². The summed E-state index contributed by atoms with van der Waals surface area (Å²) in [5, 5.41) is 3.85. The zero-order chi connectivity index (χ0) is 15.3. The van der Waals surface area contributed by atoms with Gasteiger partial charge in [-0.15, -0.1) is 0 Å². The molecule has 1 nitrogen and oxygen atoms in total. The van der Waals surface area contributed by atoms with E-state index >= 15 is 0 Å². The van der Waals surface area contributed by atoms with Crippen molar-refractivity contribution in [2.75, 3.05) is 6.54 Å². The second kappa shape index (κ2) is 7.49. The minimum absolute atomic E-state index is 0.274. The summed E-state index contributed by atoms with van der Waals surface area (Å²) in [6.45, 7) is 10.5. The summed E-state index contributed by atoms with van der Waals surface area (Å²) in [4.78, 5) is 0. The molecule has 0 spiro atoms. The molecule has 0 saturated heterocycles. The van der Waals surface area contributed by atoms with E-state index in [1.165, 1.54) is 70.8 Å². The summed E-state index contributed by atoms with van der Waals surface area (Å²) in [6.07, 6.45) is 16.3. The molecular weight excluding hydrogens is 254 g/mol. The van der Waals surface area contributed by atoms with Gasteiger partial charge in [0.05, 0.1) is 0 Å². The van der Waals surface area contributed by atoms with Crippen molar-refractivity contribution in [2.24, 2.45) is 17.3 Å². The number of nitrogens with one attached hydrogen (secondary N) is 1. The standard InChI is InChI=1S/C20H39N/c1-5-6-7-8-9-10-13-20(16-21-19(2,3)4)15-17-11-12-18(20)14-17/h17-18,21H,5-16H2,1-4H3. The summed E-state index contributed by atoms with van der Waals surface area (Å²) >= 11 is 0. The number of fused-ring (bicyclic) bond motifs is 2. The van der Waals surface area contributed by atoms with Gasteiger partial charge in [-0.1, -0.05) is 51.9 Å². The van der Waals surface area contributed by atoms with Crippen LogP contribution in [0.4, 0.5) is 0 Å². The molecule has 21 heavy (non-hydrogen) atoms. The lowest BCUT2D eigenvalue weighted by Crippen LogP contribution is -2.46. The Hall–Kier alpha value is -0.0400. The third-order valence-electron chi connectivity index (χ3n) is 6.10. The second-order valence-corrected chi connectivity index (χ2v) is 9.06. The largest absolute Gasteiger partial charge is 0.312 e. The van der Waals surface area contributed by atoms with Crippen molar-refractivity contribution in [3.05, 3.63) is 0 Å². The van der Waals surface area contributed by atoms with Gasteiger partial charge >= 0.3 is 0 Å². The summed E-state index contributed by atoms with van der Waals surface area (Å²) in [5.41, 5.74) is 0.927. The fourth-order valence-corrected chi connectivity index (χ4v) is 4.87. The Morgan fingerprint density at radius 3 is 2.29 bits per heavy atom. The summed E-state index contributed by atoms with van der Waals surface area (Å²) in [5.74, 6) is 2.10. The van der Waals surface area contributed by atoms with E-state index in [4.69, 9.17) is 0 Å². The Morgan fingerprint density at radius 2 is 1.71 bits per heavy atom. The average Bonchev–Trinajstić information content (AvgIpc) is 3.01. The van der Waals surface area contributed by atoms with E-state index in [9.17, 15) is 0 Å². The van der Waals surface area contributed by atoms with E-state index in [0.717, 1.165) is 11.8 Å². The minimum atomic E-state index is 0.274. The van der Waals surface area contributed by atoms with Crippen LogP contribution in [0.1, 0.15) is 98.3 Å². The molecule has 2 aliphatic rings. The highest BCUT2D eigenvalue weighted by Crippen LogP contribution is 2.58. The molecule has 2 rings (SSSR count). The highest BCUT2D eigenvalue weighted by Gasteiger charge is 2.50. The van der Waals surface area contributed by atoms with Crippen LogP contribution in [0.5, 0.6) is 0 Å². The van der Waals surface area contributed by atoms with Gasteiger partial charge in [0, 0.05) is 12.1 Å². The zero-order valence-electron chi connectivity index (χ0n) is 15.1. The Bertz CT molecular complexity index is 303. The van der Waals surface area contributed by atoms with Crippen molar-refractivity contribution in [3.8, 4) is 0 Å². The number of rotatable bonds is 9. The summed E-state index contributed by atoms with van der Waals surface area (Å²) in [6, 6.07) is 0. The van der Waals surface area contributed by atoms with Gasteiger partial charge in [-0.25, -0.2) is 0 Å². The Morgan fingerprint density at radius 1 is 1.00 bits per heavy atom. The van der Waals surface area contributed by atoms with Gasteiger partial charge in [0.25, 0.3) is 0 Å². The monoisotopic (exact) mass is 293 g/mol. The van der Waals surface area contributed by atoms with Crippen LogP contribution in [-0.2, 0) is 0 Å². The van der Waals surface area contributed by atoms with Crippen molar-refractivity contribution >= 4 is 0 Å². The fourth-order valence-electron chi connectivity index (χ4n) is 4.87. The maximum atomic E-state index is 3.85. The predicted octanol–water partition coefficient (Wildman–Crippen LogP) is 5.93. The molecule has 0 heterocycles. The Balaban J connectivity index is 1.79. The molecule has 124 valence electrons. The van der Waals surface area contributed by atoms with Gasteiger partial charge in [0.15, 0.2) is 0 Å². The van der Waals surface area contributed by atoms with Crippen LogP contribution in [0.25, 0.3) is 0 Å². The van der Waals surface area contributed by atoms with Crippen LogP contribution in [0.15, 0.2) is 0 Å². The molecular formula is C20H39N. The fraction of sp³-hybridized carbons (Fsp3) is 1.00. The van der Waals surface area contributed by atoms with Gasteiger partial charge in [-0.2, -0.15) is 0 Å². The molecule has 1 heteroatoms. The molecule has 0 aromatic heterocycles. The van der Waals surface area contributed by atoms with Crippen molar-refractivity contribution in [1.82, 2.24) is 5.32 Å². The SMILES string of the molecule is CCCCCCCCC1(CNC(C)(C)C)CC2CCC1C2. The van der Waals surface area contributed by atoms with Crippen LogP contribution in [0.3, 0.4) is 0 Å². The maximum Gasteiger partial charge on any atom is 0.00967 e. The third kappa shape index (κ3) is 4.98. The minimum Gasteiger partial charge on any atom is -0.312 e. The molecule has 1 N–H and O–H groups in total. The quantitative estimate of drug-likeness (QED) is 0.519. The first-order valence-electron chi connectivity index (χ1n) is 9.70. The normalized spacial score (nSPS) is 32.0. The smallest absolute Gasteiger partial charge is 0.00967 e. The first kappa shape index (κ1) is 17.3. The van der Waals surface area contributed by atoms with Gasteiger partial charge in [-0.05, 0) is 63.7 Å². The van der Waals surface area contributed by atoms with Crippen LogP contribution < -0.4 is 5.32 Å². The van der Waals surface area contributed by atoms with Gasteiger partial charge in [0.2, 0.25) is 0 Å². The van der Waals surface area contributed by atoms with Gasteiger partial charge < -0.3 is 5.32 Å². The van der Waals surface area contributed by atoms with E-state index in [-0.39, 0.29) is 5.54 Å². The van der Waals surface area contributed by atoms with Gasteiger partial charge in [0.1, 0.15) is 0 Å². The first-order valence-corrected chi connectivity index (χ1v) is 9.70. The predicted molar refractivity (Wildman–Crippen MR) is 93.6 cm³/mol. The van der Waals surface area contributed by atoms with Crippen molar-refractivity contribution in [1.29, 1.82) is 0 Å². The number of hydrogen-bond donors (Lipinski definition) is 1. The zero-order valence-corrected chi connectivity index (χ0v) is 15.1. The maximum absolute atomic E-state index is 3.85. The van der Waals surface area contributed by atoms with Crippen molar-refractivity contribution in [2.45, 2.75) is 104 Å². The van der Waals surface area contributed by atoms with E-state index in [0.29, 0.717) is 5.41 Å².